The fraction of sp³-hybridized carbons (Fsp3) is 0.619. The summed E-state index contributed by atoms with van der Waals surface area (Å²) < 4.78 is 13.3. The number of amides is 2. The highest BCUT2D eigenvalue weighted by atomic mass is 32.2. The normalized spacial score (nSPS) is 24.1. The first-order chi connectivity index (χ1) is 12.8. The molecule has 1 aromatic rings. The Bertz CT molecular complexity index is 680. The van der Waals surface area contributed by atoms with Crippen LogP contribution in [-0.4, -0.2) is 39.4 Å². The van der Waals surface area contributed by atoms with Crippen LogP contribution < -0.4 is 5.32 Å². The number of nitrogens with zero attached hydrogens (tertiary/aromatic N) is 1. The van der Waals surface area contributed by atoms with Crippen LogP contribution in [0.3, 0.4) is 0 Å². The maximum Gasteiger partial charge on any atom is 0.255 e. The molecule has 6 heteroatoms. The molecule has 148 valence electrons. The molecule has 0 radical (unpaired) electrons. The maximum atomic E-state index is 13.3. The molecule has 1 aliphatic carbocycles. The highest BCUT2D eigenvalue weighted by molar-refractivity contribution is 8.00. The highest BCUT2D eigenvalue weighted by Crippen LogP contribution is 2.41. The van der Waals surface area contributed by atoms with Crippen LogP contribution in [0.15, 0.2) is 24.3 Å². The SMILES string of the molecule is CC(C)(C)NC(=O)[C@@H]1CS[C@@H](C2CCCCC2)N1C(=O)c1ccc(F)cc1. The molecule has 0 spiro atoms. The van der Waals surface area contributed by atoms with Gasteiger partial charge in [0.05, 0.1) is 5.37 Å². The number of carbonyl (C=O) groups excluding carboxylic acids is 2. The highest BCUT2D eigenvalue weighted by Gasteiger charge is 2.45. The van der Waals surface area contributed by atoms with Gasteiger partial charge in [-0.1, -0.05) is 19.3 Å². The molecule has 1 heterocycles. The molecular formula is C21H29FN2O2S. The summed E-state index contributed by atoms with van der Waals surface area (Å²) in [5.74, 6) is 0.373. The summed E-state index contributed by atoms with van der Waals surface area (Å²) in [6, 6.07) is 5.14. The third-order valence-electron chi connectivity index (χ3n) is 5.21. The summed E-state index contributed by atoms with van der Waals surface area (Å²) in [6.45, 7) is 5.83. The second kappa shape index (κ2) is 8.21. The van der Waals surface area contributed by atoms with Crippen molar-refractivity contribution in [2.75, 3.05) is 5.75 Å². The second-order valence-corrected chi connectivity index (χ2v) is 9.75. The zero-order valence-electron chi connectivity index (χ0n) is 16.3. The van der Waals surface area contributed by atoms with Crippen LogP contribution in [0, 0.1) is 11.7 Å². The Balaban J connectivity index is 1.87. The van der Waals surface area contributed by atoms with E-state index in [9.17, 15) is 14.0 Å². The van der Waals surface area contributed by atoms with Crippen molar-refractivity contribution >= 4 is 23.6 Å². The summed E-state index contributed by atoms with van der Waals surface area (Å²) in [5.41, 5.74) is 0.0863. The van der Waals surface area contributed by atoms with E-state index in [1.54, 1.807) is 16.7 Å². The van der Waals surface area contributed by atoms with Crippen molar-refractivity contribution in [2.24, 2.45) is 5.92 Å². The molecule has 4 nitrogen and oxygen atoms in total. The van der Waals surface area contributed by atoms with Crippen molar-refractivity contribution < 1.29 is 14.0 Å². The Labute approximate surface area is 165 Å². The molecule has 1 saturated carbocycles. The van der Waals surface area contributed by atoms with Gasteiger partial charge < -0.3 is 10.2 Å². The monoisotopic (exact) mass is 392 g/mol. The number of rotatable bonds is 3. The average Bonchev–Trinajstić information content (AvgIpc) is 3.06. The van der Waals surface area contributed by atoms with E-state index >= 15 is 0 Å². The summed E-state index contributed by atoms with van der Waals surface area (Å²) in [4.78, 5) is 28.0. The summed E-state index contributed by atoms with van der Waals surface area (Å²) in [5, 5.41) is 3.04. The van der Waals surface area contributed by atoms with Crippen LogP contribution in [0.25, 0.3) is 0 Å². The molecule has 2 aliphatic rings. The first-order valence-electron chi connectivity index (χ1n) is 9.78. The molecule has 0 unspecified atom stereocenters. The maximum absolute atomic E-state index is 13.3. The van der Waals surface area contributed by atoms with E-state index in [1.165, 1.54) is 43.5 Å². The fourth-order valence-corrected chi connectivity index (χ4v) is 5.60. The third-order valence-corrected chi connectivity index (χ3v) is 6.68. The van der Waals surface area contributed by atoms with Gasteiger partial charge in [-0.25, -0.2) is 4.39 Å². The number of thioether (sulfide) groups is 1. The van der Waals surface area contributed by atoms with Crippen LogP contribution in [0.2, 0.25) is 0 Å². The molecule has 2 fully saturated rings. The minimum absolute atomic E-state index is 0.0126. The van der Waals surface area contributed by atoms with Gasteiger partial charge in [0.15, 0.2) is 0 Å². The minimum atomic E-state index is -0.487. The van der Waals surface area contributed by atoms with Gasteiger partial charge in [-0.2, -0.15) is 0 Å². The average molecular weight is 393 g/mol. The van der Waals surface area contributed by atoms with Crippen LogP contribution >= 0.6 is 11.8 Å². The van der Waals surface area contributed by atoms with E-state index < -0.39 is 6.04 Å². The topological polar surface area (TPSA) is 49.4 Å². The minimum Gasteiger partial charge on any atom is -0.350 e. The van der Waals surface area contributed by atoms with Gasteiger partial charge in [0.1, 0.15) is 11.9 Å². The van der Waals surface area contributed by atoms with E-state index in [-0.39, 0.29) is 28.5 Å². The number of hydrogen-bond donors (Lipinski definition) is 1. The number of carbonyl (C=O) groups is 2. The lowest BCUT2D eigenvalue weighted by Crippen LogP contribution is -2.54. The first kappa shape index (κ1) is 20.2. The largest absolute Gasteiger partial charge is 0.350 e. The smallest absolute Gasteiger partial charge is 0.255 e. The lowest BCUT2D eigenvalue weighted by molar-refractivity contribution is -0.126. The predicted molar refractivity (Wildman–Crippen MR) is 107 cm³/mol. The molecule has 0 aromatic heterocycles. The van der Waals surface area contributed by atoms with Crippen molar-refractivity contribution in [3.8, 4) is 0 Å². The van der Waals surface area contributed by atoms with Crippen LogP contribution in [0.4, 0.5) is 4.39 Å². The van der Waals surface area contributed by atoms with Gasteiger partial charge in [-0.15, -0.1) is 11.8 Å². The van der Waals surface area contributed by atoms with Gasteiger partial charge in [-0.3, -0.25) is 9.59 Å². The van der Waals surface area contributed by atoms with Gasteiger partial charge in [-0.05, 0) is 63.8 Å². The van der Waals surface area contributed by atoms with Gasteiger partial charge in [0.25, 0.3) is 5.91 Å². The predicted octanol–water partition coefficient (Wildman–Crippen LogP) is 4.20. The van der Waals surface area contributed by atoms with E-state index in [1.807, 2.05) is 20.8 Å². The zero-order chi connectivity index (χ0) is 19.6. The van der Waals surface area contributed by atoms with E-state index in [4.69, 9.17) is 0 Å². The number of nitrogens with one attached hydrogen (secondary N) is 1. The molecule has 1 saturated heterocycles. The molecule has 0 bridgehead atoms. The van der Waals surface area contributed by atoms with Crippen molar-refractivity contribution in [1.82, 2.24) is 10.2 Å². The number of benzene rings is 1. The van der Waals surface area contributed by atoms with Crippen LogP contribution in [0.1, 0.15) is 63.2 Å². The van der Waals surface area contributed by atoms with Crippen molar-refractivity contribution in [2.45, 2.75) is 69.8 Å². The van der Waals surface area contributed by atoms with Crippen LogP contribution in [0.5, 0.6) is 0 Å². The summed E-state index contributed by atoms with van der Waals surface area (Å²) in [6.07, 6.45) is 5.79. The van der Waals surface area contributed by atoms with Gasteiger partial charge in [0, 0.05) is 16.9 Å². The van der Waals surface area contributed by atoms with E-state index in [0.29, 0.717) is 17.2 Å². The second-order valence-electron chi connectivity index (χ2n) is 8.60. The van der Waals surface area contributed by atoms with Gasteiger partial charge in [0.2, 0.25) is 5.91 Å². The first-order valence-corrected chi connectivity index (χ1v) is 10.8. The van der Waals surface area contributed by atoms with Crippen molar-refractivity contribution in [3.05, 3.63) is 35.6 Å². The number of halogens is 1. The molecule has 3 rings (SSSR count). The third kappa shape index (κ3) is 4.84. The Kier molecular flexibility index (Phi) is 6.14. The summed E-state index contributed by atoms with van der Waals surface area (Å²) in [7, 11) is 0. The lowest BCUT2D eigenvalue weighted by Gasteiger charge is -2.36. The van der Waals surface area contributed by atoms with Crippen molar-refractivity contribution in [3.63, 3.8) is 0 Å². The Hall–Kier alpha value is -1.56. The van der Waals surface area contributed by atoms with E-state index in [2.05, 4.69) is 5.32 Å². The Morgan fingerprint density at radius 1 is 1.11 bits per heavy atom. The zero-order valence-corrected chi connectivity index (χ0v) is 17.2. The molecular weight excluding hydrogens is 363 g/mol. The summed E-state index contributed by atoms with van der Waals surface area (Å²) >= 11 is 1.72. The van der Waals surface area contributed by atoms with E-state index in [0.717, 1.165) is 12.8 Å². The number of hydrogen-bond acceptors (Lipinski definition) is 3. The quantitative estimate of drug-likeness (QED) is 0.839. The van der Waals surface area contributed by atoms with Gasteiger partial charge >= 0.3 is 0 Å². The molecule has 2 amide bonds. The van der Waals surface area contributed by atoms with Crippen LogP contribution in [-0.2, 0) is 4.79 Å². The standard InChI is InChI=1S/C21H29FN2O2S/c1-21(2,3)23-18(25)17-13-27-20(15-7-5-4-6-8-15)24(17)19(26)14-9-11-16(22)12-10-14/h9-12,15,17,20H,4-8,13H2,1-3H3,(H,23,25)/t17-,20-/m0/s1. The molecule has 1 aliphatic heterocycles. The molecule has 1 N–H and O–H groups in total. The molecule has 27 heavy (non-hydrogen) atoms. The Morgan fingerprint density at radius 2 is 1.74 bits per heavy atom. The molecule has 1 aromatic carbocycles. The Morgan fingerprint density at radius 3 is 2.33 bits per heavy atom. The fourth-order valence-electron chi connectivity index (χ4n) is 3.96. The van der Waals surface area contributed by atoms with Crippen molar-refractivity contribution in [1.29, 1.82) is 0 Å². The lowest BCUT2D eigenvalue weighted by atomic mass is 9.88. The molecule has 2 atom stereocenters.